The van der Waals surface area contributed by atoms with Gasteiger partial charge in [-0.25, -0.2) is 8.42 Å². The maximum Gasteiger partial charge on any atom is 0.226 e. The SMILES string of the molecule is O=S(Oc1ccccc1)C(CC1CCCCC1)S(=O)Oc1ccccc1. The van der Waals surface area contributed by atoms with Gasteiger partial charge in [-0.15, -0.1) is 0 Å². The molecule has 3 rings (SSSR count). The van der Waals surface area contributed by atoms with Gasteiger partial charge >= 0.3 is 0 Å². The number of rotatable bonds is 8. The summed E-state index contributed by atoms with van der Waals surface area (Å²) < 4.78 is 36.1. The van der Waals surface area contributed by atoms with E-state index in [1.54, 1.807) is 24.3 Å². The molecule has 1 aliphatic carbocycles. The molecule has 26 heavy (non-hydrogen) atoms. The summed E-state index contributed by atoms with van der Waals surface area (Å²) in [5.74, 6) is 1.44. The molecule has 0 bridgehead atoms. The number of hydrogen-bond acceptors (Lipinski definition) is 4. The van der Waals surface area contributed by atoms with Crippen LogP contribution in [-0.4, -0.2) is 13.0 Å². The van der Waals surface area contributed by atoms with Crippen molar-refractivity contribution in [3.05, 3.63) is 60.7 Å². The predicted molar refractivity (Wildman–Crippen MR) is 105 cm³/mol. The van der Waals surface area contributed by atoms with Crippen LogP contribution in [0, 0.1) is 5.92 Å². The molecule has 0 spiro atoms. The normalized spacial score (nSPS) is 18.6. The van der Waals surface area contributed by atoms with Crippen molar-refractivity contribution in [1.82, 2.24) is 0 Å². The van der Waals surface area contributed by atoms with E-state index < -0.39 is 26.7 Å². The van der Waals surface area contributed by atoms with Crippen molar-refractivity contribution in [2.75, 3.05) is 0 Å². The molecular formula is C20H24O4S2. The summed E-state index contributed by atoms with van der Waals surface area (Å²) in [4.78, 5) is 0. The zero-order valence-corrected chi connectivity index (χ0v) is 16.3. The first-order valence-corrected chi connectivity index (χ1v) is 11.3. The molecule has 0 radical (unpaired) electrons. The van der Waals surface area contributed by atoms with Crippen LogP contribution in [0.15, 0.2) is 60.7 Å². The van der Waals surface area contributed by atoms with Gasteiger partial charge in [0.1, 0.15) is 11.5 Å². The zero-order chi connectivity index (χ0) is 18.2. The quantitative estimate of drug-likeness (QED) is 0.649. The Morgan fingerprint density at radius 1 is 0.769 bits per heavy atom. The van der Waals surface area contributed by atoms with Crippen LogP contribution in [0.25, 0.3) is 0 Å². The van der Waals surface area contributed by atoms with Crippen molar-refractivity contribution in [3.8, 4) is 11.5 Å². The highest BCUT2D eigenvalue weighted by Gasteiger charge is 2.32. The molecule has 0 heterocycles. The fourth-order valence-corrected chi connectivity index (χ4v) is 5.59. The van der Waals surface area contributed by atoms with E-state index in [1.165, 1.54) is 19.3 Å². The van der Waals surface area contributed by atoms with Gasteiger partial charge in [0, 0.05) is 0 Å². The van der Waals surface area contributed by atoms with Gasteiger partial charge in [0.2, 0.25) is 22.2 Å². The molecule has 1 aliphatic rings. The molecule has 0 saturated heterocycles. The molecule has 0 aliphatic heterocycles. The summed E-state index contributed by atoms with van der Waals surface area (Å²) in [6, 6.07) is 18.0. The van der Waals surface area contributed by atoms with Crippen molar-refractivity contribution >= 4 is 22.2 Å². The Kier molecular flexibility index (Phi) is 7.26. The average Bonchev–Trinajstić information content (AvgIpc) is 2.68. The highest BCUT2D eigenvalue weighted by Crippen LogP contribution is 2.30. The maximum absolute atomic E-state index is 12.8. The molecule has 140 valence electrons. The van der Waals surface area contributed by atoms with Gasteiger partial charge in [-0.2, -0.15) is 0 Å². The maximum atomic E-state index is 12.8. The Labute approximate surface area is 160 Å². The summed E-state index contributed by atoms with van der Waals surface area (Å²) in [6.07, 6.45) is 6.35. The van der Waals surface area contributed by atoms with Gasteiger partial charge in [-0.1, -0.05) is 68.5 Å². The second-order valence-electron chi connectivity index (χ2n) is 6.48. The second-order valence-corrected chi connectivity index (χ2v) is 9.29. The van der Waals surface area contributed by atoms with E-state index in [4.69, 9.17) is 8.37 Å². The largest absolute Gasteiger partial charge is 0.400 e. The monoisotopic (exact) mass is 392 g/mol. The molecule has 2 aromatic rings. The van der Waals surface area contributed by atoms with E-state index in [1.807, 2.05) is 36.4 Å². The van der Waals surface area contributed by atoms with Crippen LogP contribution in [0.3, 0.4) is 0 Å². The van der Waals surface area contributed by atoms with Gasteiger partial charge in [0.25, 0.3) is 0 Å². The summed E-state index contributed by atoms with van der Waals surface area (Å²) in [5, 5.41) is 0. The van der Waals surface area contributed by atoms with E-state index in [2.05, 4.69) is 0 Å². The molecule has 2 atom stereocenters. The first-order valence-electron chi connectivity index (χ1n) is 9.00. The first kappa shape index (κ1) is 19.1. The lowest BCUT2D eigenvalue weighted by atomic mass is 9.87. The number of benzene rings is 2. The standard InChI is InChI=1S/C20H24O4S2/c21-25(23-18-12-6-2-7-13-18)20(16-17-10-4-1-5-11-17)26(22)24-19-14-8-3-9-15-19/h2-3,6-9,12-15,17,20H,1,4-5,10-11,16H2. The summed E-state index contributed by atoms with van der Waals surface area (Å²) in [6.45, 7) is 0. The van der Waals surface area contributed by atoms with Crippen LogP contribution in [0.5, 0.6) is 11.5 Å². The molecule has 0 aromatic heterocycles. The third-order valence-electron chi connectivity index (χ3n) is 4.52. The Morgan fingerprint density at radius 3 is 1.69 bits per heavy atom. The van der Waals surface area contributed by atoms with Crippen molar-refractivity contribution < 1.29 is 16.8 Å². The molecule has 1 fully saturated rings. The lowest BCUT2D eigenvalue weighted by molar-refractivity contribution is 0.342. The average molecular weight is 393 g/mol. The molecule has 1 saturated carbocycles. The van der Waals surface area contributed by atoms with Gasteiger partial charge in [-0.3, -0.25) is 0 Å². The Balaban J connectivity index is 1.71. The highest BCUT2D eigenvalue weighted by molar-refractivity contribution is 7.98. The van der Waals surface area contributed by atoms with Crippen molar-refractivity contribution in [2.45, 2.75) is 43.1 Å². The van der Waals surface area contributed by atoms with Crippen LogP contribution >= 0.6 is 0 Å². The first-order chi connectivity index (χ1) is 12.7. The van der Waals surface area contributed by atoms with E-state index in [9.17, 15) is 8.42 Å². The third kappa shape index (κ3) is 5.68. The number of para-hydroxylation sites is 2. The second kappa shape index (κ2) is 9.88. The highest BCUT2D eigenvalue weighted by atomic mass is 32.3. The van der Waals surface area contributed by atoms with Crippen LogP contribution in [0.2, 0.25) is 0 Å². The Morgan fingerprint density at radius 2 is 1.23 bits per heavy atom. The van der Waals surface area contributed by atoms with Gasteiger partial charge in [0.15, 0.2) is 4.58 Å². The van der Waals surface area contributed by atoms with Crippen LogP contribution in [0.1, 0.15) is 38.5 Å². The lowest BCUT2D eigenvalue weighted by Gasteiger charge is -2.25. The predicted octanol–water partition coefficient (Wildman–Crippen LogP) is 4.77. The van der Waals surface area contributed by atoms with E-state index in [0.29, 0.717) is 23.8 Å². The van der Waals surface area contributed by atoms with Crippen LogP contribution in [-0.2, 0) is 22.2 Å². The van der Waals surface area contributed by atoms with Crippen molar-refractivity contribution in [3.63, 3.8) is 0 Å². The molecule has 4 nitrogen and oxygen atoms in total. The van der Waals surface area contributed by atoms with E-state index in [-0.39, 0.29) is 0 Å². The summed E-state index contributed by atoms with van der Waals surface area (Å²) in [7, 11) is 0. The minimum atomic E-state index is -1.74. The van der Waals surface area contributed by atoms with E-state index in [0.717, 1.165) is 12.8 Å². The molecule has 2 unspecified atom stereocenters. The third-order valence-corrected chi connectivity index (χ3v) is 7.42. The van der Waals surface area contributed by atoms with Gasteiger partial charge in [-0.05, 0) is 36.6 Å². The topological polar surface area (TPSA) is 52.6 Å². The summed E-state index contributed by atoms with van der Waals surface area (Å²) in [5.41, 5.74) is 0. The molecule has 6 heteroatoms. The van der Waals surface area contributed by atoms with Gasteiger partial charge in [0.05, 0.1) is 0 Å². The molecular weight excluding hydrogens is 368 g/mol. The fourth-order valence-electron chi connectivity index (χ4n) is 3.17. The molecule has 0 amide bonds. The number of hydrogen-bond donors (Lipinski definition) is 0. The Hall–Kier alpha value is -1.66. The minimum absolute atomic E-state index is 0.417. The minimum Gasteiger partial charge on any atom is -0.400 e. The zero-order valence-electron chi connectivity index (χ0n) is 14.6. The lowest BCUT2D eigenvalue weighted by Crippen LogP contribution is -2.30. The van der Waals surface area contributed by atoms with Crippen molar-refractivity contribution in [1.29, 1.82) is 0 Å². The summed E-state index contributed by atoms with van der Waals surface area (Å²) >= 11 is -3.48. The fraction of sp³-hybridized carbons (Fsp3) is 0.400. The van der Waals surface area contributed by atoms with E-state index >= 15 is 0 Å². The smallest absolute Gasteiger partial charge is 0.226 e. The van der Waals surface area contributed by atoms with Crippen molar-refractivity contribution in [2.24, 2.45) is 5.92 Å². The molecule has 0 N–H and O–H groups in total. The molecule has 2 aromatic carbocycles. The Bertz CT molecular complexity index is 662. The van der Waals surface area contributed by atoms with Crippen LogP contribution in [0.4, 0.5) is 0 Å². The van der Waals surface area contributed by atoms with Crippen LogP contribution < -0.4 is 8.37 Å². The van der Waals surface area contributed by atoms with Gasteiger partial charge < -0.3 is 8.37 Å².